The van der Waals surface area contributed by atoms with Crippen molar-refractivity contribution in [3.63, 3.8) is 0 Å². The van der Waals surface area contributed by atoms with Crippen molar-refractivity contribution in [2.75, 3.05) is 7.11 Å². The van der Waals surface area contributed by atoms with Crippen molar-refractivity contribution >= 4 is 33.5 Å². The van der Waals surface area contributed by atoms with Gasteiger partial charge in [0.05, 0.1) is 12.5 Å². The van der Waals surface area contributed by atoms with Crippen molar-refractivity contribution in [2.24, 2.45) is 0 Å². The number of hydrogen-bond acceptors (Lipinski definition) is 3. The zero-order chi connectivity index (χ0) is 12.7. The first-order valence-corrected chi connectivity index (χ1v) is 5.77. The molecule has 0 saturated carbocycles. The largest absolute Gasteiger partial charge is 0.496 e. The van der Waals surface area contributed by atoms with Crippen molar-refractivity contribution in [3.8, 4) is 5.75 Å². The maximum Gasteiger partial charge on any atom is 0.204 e. The van der Waals surface area contributed by atoms with E-state index in [1.54, 1.807) is 36.4 Å². The number of fused-ring (bicyclic) bond motifs is 2. The summed E-state index contributed by atoms with van der Waals surface area (Å²) >= 11 is 5.89. The van der Waals surface area contributed by atoms with E-state index in [1.807, 2.05) is 0 Å². The zero-order valence-electron chi connectivity index (χ0n) is 9.57. The van der Waals surface area contributed by atoms with Crippen LogP contribution in [0.2, 0.25) is 5.02 Å². The fourth-order valence-corrected chi connectivity index (χ4v) is 2.17. The predicted octanol–water partition coefficient (Wildman–Crippen LogP) is 3.61. The van der Waals surface area contributed by atoms with Crippen LogP contribution < -0.4 is 10.2 Å². The molecule has 0 aliphatic heterocycles. The Morgan fingerprint density at radius 1 is 1.17 bits per heavy atom. The molecule has 0 unspecified atom stereocenters. The third-order valence-electron chi connectivity index (χ3n) is 2.84. The summed E-state index contributed by atoms with van der Waals surface area (Å²) in [6.45, 7) is 0. The van der Waals surface area contributed by atoms with Crippen LogP contribution in [0, 0.1) is 0 Å². The fourth-order valence-electron chi connectivity index (χ4n) is 2.01. The molecule has 3 rings (SSSR count). The smallest absolute Gasteiger partial charge is 0.204 e. The average Bonchev–Trinajstić information content (AvgIpc) is 2.37. The van der Waals surface area contributed by atoms with Crippen LogP contribution in [0.15, 0.2) is 45.6 Å². The number of halogens is 1. The highest BCUT2D eigenvalue weighted by molar-refractivity contribution is 6.31. The molecule has 3 aromatic rings. The van der Waals surface area contributed by atoms with Gasteiger partial charge >= 0.3 is 0 Å². The Morgan fingerprint density at radius 3 is 2.78 bits per heavy atom. The average molecular weight is 261 g/mol. The van der Waals surface area contributed by atoms with Crippen LogP contribution in [-0.4, -0.2) is 7.11 Å². The van der Waals surface area contributed by atoms with Crippen molar-refractivity contribution in [1.29, 1.82) is 0 Å². The molecule has 0 amide bonds. The van der Waals surface area contributed by atoms with E-state index >= 15 is 0 Å². The number of benzene rings is 2. The Kier molecular flexibility index (Phi) is 2.49. The summed E-state index contributed by atoms with van der Waals surface area (Å²) < 4.78 is 10.9. The second-order valence-electron chi connectivity index (χ2n) is 3.91. The van der Waals surface area contributed by atoms with Gasteiger partial charge in [-0.05, 0) is 24.3 Å². The lowest BCUT2D eigenvalue weighted by Gasteiger charge is -2.05. The highest BCUT2D eigenvalue weighted by Crippen LogP contribution is 2.26. The molecule has 1 heterocycles. The summed E-state index contributed by atoms with van der Waals surface area (Å²) in [7, 11) is 1.53. The van der Waals surface area contributed by atoms with Gasteiger partial charge in [-0.25, -0.2) is 0 Å². The van der Waals surface area contributed by atoms with Gasteiger partial charge in [-0.1, -0.05) is 17.7 Å². The standard InChI is InChI=1S/C14H9ClO3/c1-17-10-3-2-4-11-13(10)14(16)9-6-5-8(15)7-12(9)18-11/h2-7H,1H3. The first-order valence-electron chi connectivity index (χ1n) is 5.40. The molecule has 2 aromatic carbocycles. The molecule has 0 atom stereocenters. The van der Waals surface area contributed by atoms with E-state index in [9.17, 15) is 4.79 Å². The molecule has 0 spiro atoms. The van der Waals surface area contributed by atoms with Crippen LogP contribution >= 0.6 is 11.6 Å². The molecule has 0 aliphatic rings. The molecule has 0 radical (unpaired) electrons. The van der Waals surface area contributed by atoms with E-state index in [4.69, 9.17) is 20.8 Å². The van der Waals surface area contributed by atoms with E-state index < -0.39 is 0 Å². The normalized spacial score (nSPS) is 11.0. The predicted molar refractivity (Wildman–Crippen MR) is 71.6 cm³/mol. The minimum Gasteiger partial charge on any atom is -0.496 e. The number of rotatable bonds is 1. The maximum absolute atomic E-state index is 12.4. The Balaban J connectivity index is 2.57. The van der Waals surface area contributed by atoms with Crippen molar-refractivity contribution in [3.05, 3.63) is 51.6 Å². The van der Waals surface area contributed by atoms with Gasteiger partial charge in [0.2, 0.25) is 5.43 Å². The molecule has 90 valence electrons. The zero-order valence-corrected chi connectivity index (χ0v) is 10.3. The van der Waals surface area contributed by atoms with Gasteiger partial charge in [-0.2, -0.15) is 0 Å². The van der Waals surface area contributed by atoms with E-state index in [1.165, 1.54) is 7.11 Å². The molecule has 3 nitrogen and oxygen atoms in total. The van der Waals surface area contributed by atoms with Gasteiger partial charge in [0.1, 0.15) is 22.3 Å². The Morgan fingerprint density at radius 2 is 2.00 bits per heavy atom. The molecular formula is C14H9ClO3. The van der Waals surface area contributed by atoms with Gasteiger partial charge in [0.15, 0.2) is 0 Å². The second kappa shape index (κ2) is 4.03. The van der Waals surface area contributed by atoms with Crippen molar-refractivity contribution in [1.82, 2.24) is 0 Å². The number of hydrogen-bond donors (Lipinski definition) is 0. The third-order valence-corrected chi connectivity index (χ3v) is 3.08. The summed E-state index contributed by atoms with van der Waals surface area (Å²) in [6.07, 6.45) is 0. The van der Waals surface area contributed by atoms with Gasteiger partial charge in [-0.3, -0.25) is 4.79 Å². The summed E-state index contributed by atoms with van der Waals surface area (Å²) in [5.41, 5.74) is 0.864. The fraction of sp³-hybridized carbons (Fsp3) is 0.0714. The van der Waals surface area contributed by atoms with Crippen LogP contribution in [0.3, 0.4) is 0 Å². The van der Waals surface area contributed by atoms with E-state index in [-0.39, 0.29) is 5.43 Å². The van der Waals surface area contributed by atoms with Crippen LogP contribution in [0.5, 0.6) is 5.75 Å². The minimum atomic E-state index is -0.111. The second-order valence-corrected chi connectivity index (χ2v) is 4.34. The molecule has 1 aromatic heterocycles. The molecule has 0 aliphatic carbocycles. The van der Waals surface area contributed by atoms with Gasteiger partial charge < -0.3 is 9.15 Å². The molecule has 4 heteroatoms. The summed E-state index contributed by atoms with van der Waals surface area (Å²) in [5, 5.41) is 1.49. The van der Waals surface area contributed by atoms with Gasteiger partial charge in [-0.15, -0.1) is 0 Å². The lowest BCUT2D eigenvalue weighted by Crippen LogP contribution is -2.03. The Bertz CT molecular complexity index is 805. The lowest BCUT2D eigenvalue weighted by molar-refractivity contribution is 0.419. The van der Waals surface area contributed by atoms with Gasteiger partial charge in [0, 0.05) is 11.1 Å². The summed E-state index contributed by atoms with van der Waals surface area (Å²) in [6, 6.07) is 10.2. The molecule has 0 bridgehead atoms. The molecule has 18 heavy (non-hydrogen) atoms. The van der Waals surface area contributed by atoms with Crippen LogP contribution in [0.4, 0.5) is 0 Å². The highest BCUT2D eigenvalue weighted by Gasteiger charge is 2.11. The third kappa shape index (κ3) is 1.56. The van der Waals surface area contributed by atoms with E-state index in [2.05, 4.69) is 0 Å². The number of methoxy groups -OCH3 is 1. The number of ether oxygens (including phenoxy) is 1. The summed E-state index contributed by atoms with van der Waals surface area (Å²) in [5.74, 6) is 0.512. The highest BCUT2D eigenvalue weighted by atomic mass is 35.5. The SMILES string of the molecule is COc1cccc2oc3cc(Cl)ccc3c(=O)c12. The van der Waals surface area contributed by atoms with E-state index in [0.717, 1.165) is 0 Å². The van der Waals surface area contributed by atoms with Crippen LogP contribution in [-0.2, 0) is 0 Å². The first-order chi connectivity index (χ1) is 8.70. The topological polar surface area (TPSA) is 39.4 Å². The molecule has 0 N–H and O–H groups in total. The lowest BCUT2D eigenvalue weighted by atomic mass is 10.1. The summed E-state index contributed by atoms with van der Waals surface area (Å²) in [4.78, 5) is 12.4. The molecule has 0 saturated heterocycles. The van der Waals surface area contributed by atoms with E-state index in [0.29, 0.717) is 32.7 Å². The quantitative estimate of drug-likeness (QED) is 0.628. The molecule has 0 fully saturated rings. The Hall–Kier alpha value is -2.00. The van der Waals surface area contributed by atoms with Crippen LogP contribution in [0.25, 0.3) is 21.9 Å². The van der Waals surface area contributed by atoms with Crippen molar-refractivity contribution in [2.45, 2.75) is 0 Å². The van der Waals surface area contributed by atoms with Crippen LogP contribution in [0.1, 0.15) is 0 Å². The Labute approximate surface area is 108 Å². The van der Waals surface area contributed by atoms with Gasteiger partial charge in [0.25, 0.3) is 0 Å². The monoisotopic (exact) mass is 260 g/mol. The first kappa shape index (κ1) is 11.1. The van der Waals surface area contributed by atoms with Crippen molar-refractivity contribution < 1.29 is 9.15 Å². The molecular weight excluding hydrogens is 252 g/mol. The minimum absolute atomic E-state index is 0.111. The maximum atomic E-state index is 12.4.